The quantitative estimate of drug-likeness (QED) is 0.752. The average molecular weight is 341 g/mol. The molecule has 24 heavy (non-hydrogen) atoms. The van der Waals surface area contributed by atoms with E-state index in [4.69, 9.17) is 11.6 Å². The number of hydrogen-bond acceptors (Lipinski definition) is 2. The summed E-state index contributed by atoms with van der Waals surface area (Å²) in [6.45, 7) is 1.77. The summed E-state index contributed by atoms with van der Waals surface area (Å²) in [6.07, 6.45) is 0.918. The second kappa shape index (κ2) is 6.89. The number of carbonyl (C=O) groups excluding carboxylic acids is 1. The van der Waals surface area contributed by atoms with Crippen LogP contribution in [-0.4, -0.2) is 10.9 Å². The monoisotopic (exact) mass is 340 g/mol. The average Bonchev–Trinajstić information content (AvgIpc) is 2.55. The first kappa shape index (κ1) is 16.3. The Morgan fingerprint density at radius 1 is 1.17 bits per heavy atom. The molecule has 2 aromatic carbocycles. The lowest BCUT2D eigenvalue weighted by molar-refractivity contribution is -0.116. The zero-order chi connectivity index (χ0) is 17.1. The third-order valence-corrected chi connectivity index (χ3v) is 4.26. The van der Waals surface area contributed by atoms with Crippen LogP contribution in [0.1, 0.15) is 17.5 Å². The Morgan fingerprint density at radius 3 is 2.75 bits per heavy atom. The summed E-state index contributed by atoms with van der Waals surface area (Å²) in [5.41, 5.74) is 2.86. The van der Waals surface area contributed by atoms with Crippen LogP contribution in [0.2, 0.25) is 5.02 Å². The van der Waals surface area contributed by atoms with Crippen molar-refractivity contribution < 1.29 is 4.79 Å². The number of aromatic amines is 1. The number of hydrogen-bond donors (Lipinski definition) is 2. The van der Waals surface area contributed by atoms with E-state index in [1.165, 1.54) is 0 Å². The van der Waals surface area contributed by atoms with E-state index in [-0.39, 0.29) is 11.5 Å². The number of benzene rings is 2. The van der Waals surface area contributed by atoms with Crippen LogP contribution >= 0.6 is 11.6 Å². The van der Waals surface area contributed by atoms with Crippen LogP contribution in [0.15, 0.2) is 53.3 Å². The molecular formula is C19H17ClN2O2. The van der Waals surface area contributed by atoms with Crippen molar-refractivity contribution in [2.24, 2.45) is 0 Å². The van der Waals surface area contributed by atoms with Crippen molar-refractivity contribution in [2.75, 3.05) is 5.32 Å². The summed E-state index contributed by atoms with van der Waals surface area (Å²) >= 11 is 6.10. The highest BCUT2D eigenvalue weighted by Gasteiger charge is 2.07. The molecule has 0 spiro atoms. The molecule has 0 aliphatic carbocycles. The predicted molar refractivity (Wildman–Crippen MR) is 97.7 cm³/mol. The SMILES string of the molecule is Cc1cc2ccc(NC(=O)CCc3ccccc3Cl)cc2[nH]c1=O. The Hall–Kier alpha value is -2.59. The van der Waals surface area contributed by atoms with Gasteiger partial charge in [-0.2, -0.15) is 0 Å². The van der Waals surface area contributed by atoms with Gasteiger partial charge in [-0.1, -0.05) is 35.9 Å². The van der Waals surface area contributed by atoms with Gasteiger partial charge in [-0.25, -0.2) is 0 Å². The normalized spacial score (nSPS) is 10.8. The Morgan fingerprint density at radius 2 is 1.96 bits per heavy atom. The minimum absolute atomic E-state index is 0.0938. The van der Waals surface area contributed by atoms with E-state index in [9.17, 15) is 9.59 Å². The van der Waals surface area contributed by atoms with Gasteiger partial charge in [-0.15, -0.1) is 0 Å². The molecule has 3 aromatic rings. The summed E-state index contributed by atoms with van der Waals surface area (Å²) in [5.74, 6) is -0.0938. The smallest absolute Gasteiger partial charge is 0.251 e. The first-order chi connectivity index (χ1) is 11.5. The van der Waals surface area contributed by atoms with E-state index in [2.05, 4.69) is 10.3 Å². The molecule has 122 valence electrons. The van der Waals surface area contributed by atoms with Crippen LogP contribution in [0.3, 0.4) is 0 Å². The van der Waals surface area contributed by atoms with Crippen molar-refractivity contribution in [1.82, 2.24) is 4.98 Å². The maximum atomic E-state index is 12.1. The van der Waals surface area contributed by atoms with E-state index in [0.29, 0.717) is 34.6 Å². The van der Waals surface area contributed by atoms with Crippen molar-refractivity contribution in [3.63, 3.8) is 0 Å². The fraction of sp³-hybridized carbons (Fsp3) is 0.158. The van der Waals surface area contributed by atoms with Crippen molar-refractivity contribution in [1.29, 1.82) is 0 Å². The number of pyridine rings is 1. The summed E-state index contributed by atoms with van der Waals surface area (Å²) in [4.78, 5) is 26.6. The second-order valence-electron chi connectivity index (χ2n) is 5.72. The van der Waals surface area contributed by atoms with Crippen LogP contribution in [0.25, 0.3) is 10.9 Å². The Kier molecular flexibility index (Phi) is 4.67. The Labute approximate surface area is 144 Å². The summed E-state index contributed by atoms with van der Waals surface area (Å²) in [5, 5.41) is 4.46. The molecule has 0 aliphatic heterocycles. The van der Waals surface area contributed by atoms with E-state index in [1.54, 1.807) is 13.0 Å². The number of amides is 1. The van der Waals surface area contributed by atoms with E-state index in [0.717, 1.165) is 10.9 Å². The second-order valence-corrected chi connectivity index (χ2v) is 6.13. The van der Waals surface area contributed by atoms with Gasteiger partial charge in [0.2, 0.25) is 5.91 Å². The molecule has 2 N–H and O–H groups in total. The fourth-order valence-corrected chi connectivity index (χ4v) is 2.79. The molecule has 3 rings (SSSR count). The lowest BCUT2D eigenvalue weighted by Gasteiger charge is -2.08. The third kappa shape index (κ3) is 3.66. The van der Waals surface area contributed by atoms with Crippen molar-refractivity contribution in [3.8, 4) is 0 Å². The molecule has 0 bridgehead atoms. The molecule has 0 fully saturated rings. The number of anilines is 1. The van der Waals surface area contributed by atoms with Gasteiger partial charge in [0, 0.05) is 22.7 Å². The molecule has 0 saturated carbocycles. The molecule has 5 heteroatoms. The number of H-pyrrole nitrogens is 1. The maximum Gasteiger partial charge on any atom is 0.251 e. The highest BCUT2D eigenvalue weighted by Crippen LogP contribution is 2.19. The largest absolute Gasteiger partial charge is 0.326 e. The predicted octanol–water partition coefficient (Wildman–Crippen LogP) is 4.06. The van der Waals surface area contributed by atoms with Crippen LogP contribution < -0.4 is 10.9 Å². The molecule has 0 aliphatic rings. The van der Waals surface area contributed by atoms with Crippen LogP contribution in [0, 0.1) is 6.92 Å². The first-order valence-corrected chi connectivity index (χ1v) is 8.08. The highest BCUT2D eigenvalue weighted by atomic mass is 35.5. The molecule has 4 nitrogen and oxygen atoms in total. The molecule has 0 atom stereocenters. The van der Waals surface area contributed by atoms with Crippen molar-refractivity contribution >= 4 is 34.1 Å². The summed E-state index contributed by atoms with van der Waals surface area (Å²) in [7, 11) is 0. The maximum absolute atomic E-state index is 12.1. The van der Waals surface area contributed by atoms with Crippen LogP contribution in [0.5, 0.6) is 0 Å². The summed E-state index contributed by atoms with van der Waals surface area (Å²) in [6, 6.07) is 14.8. The van der Waals surface area contributed by atoms with E-state index < -0.39 is 0 Å². The van der Waals surface area contributed by atoms with Gasteiger partial charge in [-0.3, -0.25) is 9.59 Å². The van der Waals surface area contributed by atoms with Gasteiger partial charge in [0.15, 0.2) is 0 Å². The molecular weight excluding hydrogens is 324 g/mol. The summed E-state index contributed by atoms with van der Waals surface area (Å²) < 4.78 is 0. The minimum Gasteiger partial charge on any atom is -0.326 e. The number of aromatic nitrogens is 1. The number of halogens is 1. The number of fused-ring (bicyclic) bond motifs is 1. The molecule has 0 unspecified atom stereocenters. The van der Waals surface area contributed by atoms with Crippen LogP contribution in [-0.2, 0) is 11.2 Å². The zero-order valence-corrected chi connectivity index (χ0v) is 14.0. The Bertz CT molecular complexity index is 963. The lowest BCUT2D eigenvalue weighted by atomic mass is 10.1. The van der Waals surface area contributed by atoms with Gasteiger partial charge in [0.05, 0.1) is 5.52 Å². The topological polar surface area (TPSA) is 62.0 Å². The molecule has 0 saturated heterocycles. The molecule has 0 radical (unpaired) electrons. The third-order valence-electron chi connectivity index (χ3n) is 3.89. The van der Waals surface area contributed by atoms with Gasteiger partial charge in [0.25, 0.3) is 5.56 Å². The van der Waals surface area contributed by atoms with Gasteiger partial charge < -0.3 is 10.3 Å². The Balaban J connectivity index is 1.70. The number of aryl methyl sites for hydroxylation is 2. The van der Waals surface area contributed by atoms with Gasteiger partial charge in [-0.05, 0) is 48.6 Å². The van der Waals surface area contributed by atoms with Gasteiger partial charge >= 0.3 is 0 Å². The van der Waals surface area contributed by atoms with Crippen LogP contribution in [0.4, 0.5) is 5.69 Å². The highest BCUT2D eigenvalue weighted by molar-refractivity contribution is 6.31. The van der Waals surface area contributed by atoms with E-state index in [1.807, 2.05) is 42.5 Å². The standard InChI is InChI=1S/C19H17ClN2O2/c1-12-10-14-6-8-15(11-17(14)22-19(12)24)21-18(23)9-7-13-4-2-3-5-16(13)20/h2-6,8,10-11H,7,9H2,1H3,(H,21,23)(H,22,24). The van der Waals surface area contributed by atoms with Crippen molar-refractivity contribution in [3.05, 3.63) is 75.0 Å². The molecule has 1 heterocycles. The first-order valence-electron chi connectivity index (χ1n) is 7.70. The number of nitrogens with one attached hydrogen (secondary N) is 2. The van der Waals surface area contributed by atoms with Gasteiger partial charge in [0.1, 0.15) is 0 Å². The number of carbonyl (C=O) groups is 1. The zero-order valence-electron chi connectivity index (χ0n) is 13.2. The fourth-order valence-electron chi connectivity index (χ4n) is 2.56. The number of rotatable bonds is 4. The lowest BCUT2D eigenvalue weighted by Crippen LogP contribution is -2.13. The van der Waals surface area contributed by atoms with E-state index >= 15 is 0 Å². The molecule has 1 amide bonds. The van der Waals surface area contributed by atoms with Crippen molar-refractivity contribution in [2.45, 2.75) is 19.8 Å². The molecule has 1 aromatic heterocycles. The minimum atomic E-state index is -0.121.